The summed E-state index contributed by atoms with van der Waals surface area (Å²) in [6.07, 6.45) is 9.27. The van der Waals surface area contributed by atoms with Crippen molar-refractivity contribution < 1.29 is 4.74 Å². The van der Waals surface area contributed by atoms with Gasteiger partial charge in [0.2, 0.25) is 0 Å². The fourth-order valence-electron chi connectivity index (χ4n) is 3.49. The molecule has 1 aliphatic heterocycles. The molecular weight excluding hydrogens is 258 g/mol. The van der Waals surface area contributed by atoms with Gasteiger partial charge < -0.3 is 10.5 Å². The van der Waals surface area contributed by atoms with Gasteiger partial charge in [0.05, 0.1) is 0 Å². The van der Waals surface area contributed by atoms with Crippen molar-refractivity contribution in [3.05, 3.63) is 28.8 Å². The van der Waals surface area contributed by atoms with E-state index in [1.165, 1.54) is 32.1 Å². The maximum absolute atomic E-state index is 6.27. The first-order valence-electron chi connectivity index (χ1n) is 7.44. The van der Waals surface area contributed by atoms with Crippen LogP contribution in [0.5, 0.6) is 5.75 Å². The van der Waals surface area contributed by atoms with Gasteiger partial charge in [0, 0.05) is 23.0 Å². The van der Waals surface area contributed by atoms with Gasteiger partial charge in [-0.2, -0.15) is 0 Å². The Morgan fingerprint density at radius 1 is 1.21 bits per heavy atom. The van der Waals surface area contributed by atoms with Crippen LogP contribution in [0.1, 0.15) is 56.6 Å². The molecule has 1 saturated carbocycles. The number of benzene rings is 1. The Kier molecular flexibility index (Phi) is 3.99. The van der Waals surface area contributed by atoms with Gasteiger partial charge in [0.25, 0.3) is 0 Å². The molecule has 1 fully saturated rings. The van der Waals surface area contributed by atoms with E-state index in [1.54, 1.807) is 0 Å². The Hall–Kier alpha value is -0.730. The molecule has 2 nitrogen and oxygen atoms in total. The summed E-state index contributed by atoms with van der Waals surface area (Å²) in [7, 11) is 0. The molecule has 0 aromatic heterocycles. The van der Waals surface area contributed by atoms with Crippen molar-refractivity contribution >= 4 is 11.6 Å². The van der Waals surface area contributed by atoms with Gasteiger partial charge >= 0.3 is 0 Å². The molecule has 0 bridgehead atoms. The van der Waals surface area contributed by atoms with Crippen LogP contribution < -0.4 is 10.5 Å². The second kappa shape index (κ2) is 5.72. The smallest absolute Gasteiger partial charge is 0.124 e. The zero-order valence-corrected chi connectivity index (χ0v) is 12.0. The molecule has 2 aliphatic rings. The van der Waals surface area contributed by atoms with Gasteiger partial charge in [-0.1, -0.05) is 43.7 Å². The highest BCUT2D eigenvalue weighted by Gasteiger charge is 2.28. The van der Waals surface area contributed by atoms with Gasteiger partial charge in [-0.3, -0.25) is 0 Å². The quantitative estimate of drug-likeness (QED) is 0.867. The van der Waals surface area contributed by atoms with Crippen LogP contribution in [0.4, 0.5) is 0 Å². The maximum atomic E-state index is 6.27. The van der Waals surface area contributed by atoms with Gasteiger partial charge in [0.1, 0.15) is 11.9 Å². The van der Waals surface area contributed by atoms with Crippen molar-refractivity contribution in [3.8, 4) is 5.75 Å². The predicted octanol–water partition coefficient (Wildman–Crippen LogP) is 4.46. The molecule has 1 aromatic carbocycles. The number of ether oxygens (including phenoxy) is 1. The summed E-state index contributed by atoms with van der Waals surface area (Å²) in [6, 6.07) is 5.86. The Balaban J connectivity index is 1.68. The molecule has 3 rings (SSSR count). The van der Waals surface area contributed by atoms with Crippen LogP contribution in [0.25, 0.3) is 0 Å². The Bertz CT molecular complexity index is 442. The molecule has 19 heavy (non-hydrogen) atoms. The Morgan fingerprint density at radius 2 is 2.00 bits per heavy atom. The summed E-state index contributed by atoms with van der Waals surface area (Å²) in [6.45, 7) is 0. The lowest BCUT2D eigenvalue weighted by atomic mass is 9.83. The first-order chi connectivity index (χ1) is 9.22. The van der Waals surface area contributed by atoms with Crippen LogP contribution >= 0.6 is 11.6 Å². The first kappa shape index (κ1) is 13.3. The average Bonchev–Trinajstić information content (AvgIpc) is 2.41. The lowest BCUT2D eigenvalue weighted by molar-refractivity contribution is 0.120. The summed E-state index contributed by atoms with van der Waals surface area (Å²) < 4.78 is 6.12. The van der Waals surface area contributed by atoms with E-state index in [9.17, 15) is 0 Å². The van der Waals surface area contributed by atoms with Crippen LogP contribution in [0.15, 0.2) is 18.2 Å². The first-order valence-corrected chi connectivity index (χ1v) is 7.82. The third-order valence-corrected chi connectivity index (χ3v) is 4.74. The molecule has 1 aliphatic carbocycles. The molecule has 0 radical (unpaired) electrons. The van der Waals surface area contributed by atoms with Crippen molar-refractivity contribution in [2.75, 3.05) is 0 Å². The standard InChI is InChI=1S/C16H22ClNO/c17-12-6-7-16-14(9-12)15(18)10-13(19-16)8-11-4-2-1-3-5-11/h6-7,9,11,13,15H,1-5,8,10,18H2/t13?,15-/m1/s1. The number of halogens is 1. The predicted molar refractivity (Wildman–Crippen MR) is 78.6 cm³/mol. The van der Waals surface area contributed by atoms with E-state index in [-0.39, 0.29) is 12.1 Å². The van der Waals surface area contributed by atoms with Crippen molar-refractivity contribution in [3.63, 3.8) is 0 Å². The van der Waals surface area contributed by atoms with Crippen LogP contribution in [0.2, 0.25) is 5.02 Å². The Labute approximate surface area is 120 Å². The minimum Gasteiger partial charge on any atom is -0.490 e. The zero-order chi connectivity index (χ0) is 13.2. The second-order valence-corrected chi connectivity index (χ2v) is 6.44. The summed E-state index contributed by atoms with van der Waals surface area (Å²) in [4.78, 5) is 0. The van der Waals surface area contributed by atoms with Crippen LogP contribution in [-0.4, -0.2) is 6.10 Å². The minimum absolute atomic E-state index is 0.0658. The molecule has 0 saturated heterocycles. The molecule has 0 spiro atoms. The molecule has 1 heterocycles. The fraction of sp³-hybridized carbons (Fsp3) is 0.625. The number of rotatable bonds is 2. The van der Waals surface area contributed by atoms with E-state index >= 15 is 0 Å². The Morgan fingerprint density at radius 3 is 2.79 bits per heavy atom. The lowest BCUT2D eigenvalue weighted by Gasteiger charge is -2.33. The van der Waals surface area contributed by atoms with Crippen LogP contribution in [0, 0.1) is 5.92 Å². The third kappa shape index (κ3) is 3.06. The number of hydrogen-bond donors (Lipinski definition) is 1. The van der Waals surface area contributed by atoms with E-state index in [0.29, 0.717) is 0 Å². The summed E-state index contributed by atoms with van der Waals surface area (Å²) in [5.74, 6) is 1.77. The third-order valence-electron chi connectivity index (χ3n) is 4.50. The molecule has 2 atom stereocenters. The van der Waals surface area contributed by atoms with Crippen molar-refractivity contribution in [1.82, 2.24) is 0 Å². The summed E-state index contributed by atoms with van der Waals surface area (Å²) >= 11 is 6.02. The molecule has 1 aromatic rings. The highest BCUT2D eigenvalue weighted by molar-refractivity contribution is 6.30. The van der Waals surface area contributed by atoms with Gasteiger partial charge in [0.15, 0.2) is 0 Å². The lowest BCUT2D eigenvalue weighted by Crippen LogP contribution is -2.31. The van der Waals surface area contributed by atoms with E-state index in [4.69, 9.17) is 22.1 Å². The molecule has 2 N–H and O–H groups in total. The SMILES string of the molecule is N[C@@H]1CC(CC2CCCCC2)Oc2ccc(Cl)cc21. The number of fused-ring (bicyclic) bond motifs is 1. The van der Waals surface area contributed by atoms with Gasteiger partial charge in [-0.25, -0.2) is 0 Å². The minimum atomic E-state index is 0.0658. The van der Waals surface area contributed by atoms with Crippen LogP contribution in [0.3, 0.4) is 0 Å². The highest BCUT2D eigenvalue weighted by Crippen LogP contribution is 2.38. The van der Waals surface area contributed by atoms with E-state index in [0.717, 1.165) is 35.1 Å². The zero-order valence-electron chi connectivity index (χ0n) is 11.3. The summed E-state index contributed by atoms with van der Waals surface area (Å²) in [5, 5.41) is 0.739. The molecule has 0 amide bonds. The number of hydrogen-bond acceptors (Lipinski definition) is 2. The normalized spacial score (nSPS) is 27.7. The summed E-state index contributed by atoms with van der Waals surface area (Å²) in [5.41, 5.74) is 7.33. The fourth-order valence-corrected chi connectivity index (χ4v) is 3.67. The molecule has 104 valence electrons. The van der Waals surface area contributed by atoms with Crippen molar-refractivity contribution in [1.29, 1.82) is 0 Å². The average molecular weight is 280 g/mol. The van der Waals surface area contributed by atoms with Crippen molar-refractivity contribution in [2.24, 2.45) is 11.7 Å². The topological polar surface area (TPSA) is 35.2 Å². The monoisotopic (exact) mass is 279 g/mol. The molecule has 1 unspecified atom stereocenters. The van der Waals surface area contributed by atoms with E-state index < -0.39 is 0 Å². The second-order valence-electron chi connectivity index (χ2n) is 6.00. The van der Waals surface area contributed by atoms with Crippen molar-refractivity contribution in [2.45, 2.75) is 57.1 Å². The van der Waals surface area contributed by atoms with E-state index in [2.05, 4.69) is 0 Å². The maximum Gasteiger partial charge on any atom is 0.124 e. The molecule has 3 heteroatoms. The largest absolute Gasteiger partial charge is 0.490 e. The van der Waals surface area contributed by atoms with E-state index in [1.807, 2.05) is 18.2 Å². The van der Waals surface area contributed by atoms with Gasteiger partial charge in [-0.15, -0.1) is 0 Å². The molecular formula is C16H22ClNO. The van der Waals surface area contributed by atoms with Crippen LogP contribution in [-0.2, 0) is 0 Å². The number of nitrogens with two attached hydrogens (primary N) is 1. The van der Waals surface area contributed by atoms with Gasteiger partial charge in [-0.05, 0) is 30.5 Å². The highest BCUT2D eigenvalue weighted by atomic mass is 35.5.